The molecule has 10 heavy (non-hydrogen) atoms. The van der Waals surface area contributed by atoms with Crippen LogP contribution in [0.25, 0.3) is 0 Å². The number of thiocarbonyl (C=S) groups is 1. The lowest BCUT2D eigenvalue weighted by atomic mass is 10.5. The van der Waals surface area contributed by atoms with Crippen molar-refractivity contribution in [2.24, 2.45) is 0 Å². The maximum atomic E-state index is 11.0. The number of likely N-dealkylation sites (N-methyl/N-ethyl adjacent to an activating group) is 1. The summed E-state index contributed by atoms with van der Waals surface area (Å²) in [5.74, 6) is -0.120. The lowest BCUT2D eigenvalue weighted by molar-refractivity contribution is -0.121. The Kier molecular flexibility index (Phi) is 2.33. The zero-order valence-electron chi connectivity index (χ0n) is 5.13. The van der Waals surface area contributed by atoms with E-state index in [2.05, 4.69) is 0 Å². The van der Waals surface area contributed by atoms with Crippen LogP contribution in [-0.2, 0) is 4.79 Å². The lowest BCUT2D eigenvalue weighted by Gasteiger charge is -2.02. The zero-order chi connectivity index (χ0) is 7.72. The standard InChI is InChI=1S/C5H4ClNOS2/c1-7-4(8)3(2-6)10-5(7)9/h2H,1H3. The second kappa shape index (κ2) is 2.90. The minimum absolute atomic E-state index is 0.120. The first-order valence-corrected chi connectivity index (χ1v) is 4.13. The zero-order valence-corrected chi connectivity index (χ0v) is 7.52. The Bertz CT molecular complexity index is 226. The molecule has 1 fully saturated rings. The van der Waals surface area contributed by atoms with Crippen molar-refractivity contribution in [1.29, 1.82) is 0 Å². The maximum Gasteiger partial charge on any atom is 0.266 e. The van der Waals surface area contributed by atoms with E-state index >= 15 is 0 Å². The number of rotatable bonds is 0. The third-order valence-corrected chi connectivity index (χ3v) is 2.92. The van der Waals surface area contributed by atoms with Gasteiger partial charge in [0.2, 0.25) is 0 Å². The van der Waals surface area contributed by atoms with Gasteiger partial charge >= 0.3 is 0 Å². The van der Waals surface area contributed by atoms with E-state index in [9.17, 15) is 4.79 Å². The van der Waals surface area contributed by atoms with E-state index in [0.717, 1.165) is 0 Å². The number of carbonyl (C=O) groups is 1. The van der Waals surface area contributed by atoms with Crippen LogP contribution in [0.15, 0.2) is 10.4 Å². The fourth-order valence-electron chi connectivity index (χ4n) is 0.523. The predicted molar refractivity (Wildman–Crippen MR) is 46.9 cm³/mol. The predicted octanol–water partition coefficient (Wildman–Crippen LogP) is 1.56. The molecule has 1 aliphatic rings. The molecule has 0 saturated carbocycles. The van der Waals surface area contributed by atoms with Crippen LogP contribution in [0.2, 0.25) is 0 Å². The van der Waals surface area contributed by atoms with Gasteiger partial charge in [0.05, 0.1) is 4.91 Å². The summed E-state index contributed by atoms with van der Waals surface area (Å²) in [4.78, 5) is 12.9. The number of carbonyl (C=O) groups excluding carboxylic acids is 1. The van der Waals surface area contributed by atoms with E-state index in [1.54, 1.807) is 7.05 Å². The van der Waals surface area contributed by atoms with Crippen LogP contribution in [-0.4, -0.2) is 22.2 Å². The molecule has 0 radical (unpaired) electrons. The second-order valence-corrected chi connectivity index (χ2v) is 3.60. The average Bonchev–Trinajstić information content (AvgIpc) is 2.17. The highest BCUT2D eigenvalue weighted by Crippen LogP contribution is 2.29. The van der Waals surface area contributed by atoms with E-state index in [0.29, 0.717) is 9.23 Å². The van der Waals surface area contributed by atoms with Gasteiger partial charge in [0.1, 0.15) is 4.32 Å². The fourth-order valence-corrected chi connectivity index (χ4v) is 1.78. The molecule has 0 aliphatic carbocycles. The SMILES string of the molecule is CN1C(=O)C(=CCl)SC1=S. The molecule has 0 aromatic heterocycles. The van der Waals surface area contributed by atoms with Crippen LogP contribution in [0.3, 0.4) is 0 Å². The van der Waals surface area contributed by atoms with Crippen molar-refractivity contribution in [3.63, 3.8) is 0 Å². The molecule has 54 valence electrons. The molecule has 0 unspecified atom stereocenters. The highest BCUT2D eigenvalue weighted by Gasteiger charge is 2.28. The van der Waals surface area contributed by atoms with Gasteiger partial charge in [-0.3, -0.25) is 9.69 Å². The lowest BCUT2D eigenvalue weighted by Crippen LogP contribution is -2.22. The Labute approximate surface area is 73.2 Å². The van der Waals surface area contributed by atoms with Gasteiger partial charge in [0, 0.05) is 12.6 Å². The van der Waals surface area contributed by atoms with E-state index in [-0.39, 0.29) is 5.91 Å². The number of amides is 1. The number of hydrogen-bond donors (Lipinski definition) is 0. The molecule has 0 spiro atoms. The van der Waals surface area contributed by atoms with E-state index in [4.69, 9.17) is 23.8 Å². The minimum atomic E-state index is -0.120. The van der Waals surface area contributed by atoms with Gasteiger partial charge in [-0.15, -0.1) is 0 Å². The Hall–Kier alpha value is -0.0600. The van der Waals surface area contributed by atoms with E-state index < -0.39 is 0 Å². The van der Waals surface area contributed by atoms with Gasteiger partial charge < -0.3 is 0 Å². The summed E-state index contributed by atoms with van der Waals surface area (Å²) in [7, 11) is 1.63. The maximum absolute atomic E-state index is 11.0. The topological polar surface area (TPSA) is 20.3 Å². The van der Waals surface area contributed by atoms with Crippen molar-refractivity contribution in [3.8, 4) is 0 Å². The normalized spacial score (nSPS) is 23.0. The van der Waals surface area contributed by atoms with Crippen molar-refractivity contribution in [2.75, 3.05) is 7.05 Å². The molecule has 1 rings (SSSR count). The van der Waals surface area contributed by atoms with Gasteiger partial charge in [0.25, 0.3) is 5.91 Å². The first-order valence-electron chi connectivity index (χ1n) is 2.47. The van der Waals surface area contributed by atoms with Crippen LogP contribution < -0.4 is 0 Å². The minimum Gasteiger partial charge on any atom is -0.296 e. The van der Waals surface area contributed by atoms with Crippen molar-refractivity contribution in [2.45, 2.75) is 0 Å². The summed E-state index contributed by atoms with van der Waals surface area (Å²) < 4.78 is 0.553. The monoisotopic (exact) mass is 193 g/mol. The van der Waals surface area contributed by atoms with Crippen LogP contribution in [0.5, 0.6) is 0 Å². The van der Waals surface area contributed by atoms with Gasteiger partial charge in [-0.25, -0.2) is 0 Å². The Morgan fingerprint density at radius 2 is 2.40 bits per heavy atom. The smallest absolute Gasteiger partial charge is 0.266 e. The summed E-state index contributed by atoms with van der Waals surface area (Å²) in [6, 6.07) is 0. The summed E-state index contributed by atoms with van der Waals surface area (Å²) >= 11 is 11.4. The Balaban J connectivity index is 2.92. The number of hydrogen-bond acceptors (Lipinski definition) is 3. The molecule has 0 bridgehead atoms. The molecule has 0 N–H and O–H groups in total. The summed E-state index contributed by atoms with van der Waals surface area (Å²) in [6.07, 6.45) is 0. The quantitative estimate of drug-likeness (QED) is 0.430. The third kappa shape index (κ3) is 1.19. The molecule has 0 aromatic carbocycles. The molecule has 1 aliphatic heterocycles. The van der Waals surface area contributed by atoms with Gasteiger partial charge in [-0.1, -0.05) is 35.6 Å². The van der Waals surface area contributed by atoms with Crippen LogP contribution in [0.4, 0.5) is 0 Å². The molecule has 0 aromatic rings. The van der Waals surface area contributed by atoms with Crippen molar-refractivity contribution < 1.29 is 4.79 Å². The van der Waals surface area contributed by atoms with Crippen molar-refractivity contribution in [3.05, 3.63) is 10.4 Å². The molecule has 2 nitrogen and oxygen atoms in total. The second-order valence-electron chi connectivity index (χ2n) is 1.71. The van der Waals surface area contributed by atoms with Crippen LogP contribution >= 0.6 is 35.6 Å². The highest BCUT2D eigenvalue weighted by atomic mass is 35.5. The third-order valence-electron chi connectivity index (χ3n) is 1.09. The molecule has 0 atom stereocenters. The fraction of sp³-hybridized carbons (Fsp3) is 0.200. The van der Waals surface area contributed by atoms with Crippen LogP contribution in [0.1, 0.15) is 0 Å². The molecule has 1 saturated heterocycles. The Morgan fingerprint density at radius 3 is 2.60 bits per heavy atom. The molecule has 1 amide bonds. The number of nitrogens with zero attached hydrogens (tertiary/aromatic N) is 1. The molecule has 5 heteroatoms. The van der Waals surface area contributed by atoms with Crippen LogP contribution in [0, 0.1) is 0 Å². The molecular formula is C5H4ClNOS2. The molecular weight excluding hydrogens is 190 g/mol. The van der Waals surface area contributed by atoms with Crippen molar-refractivity contribution >= 4 is 45.8 Å². The molecule has 1 heterocycles. The highest BCUT2D eigenvalue weighted by molar-refractivity contribution is 8.26. The first-order chi connectivity index (χ1) is 4.66. The van der Waals surface area contributed by atoms with Gasteiger partial charge in [-0.2, -0.15) is 0 Å². The van der Waals surface area contributed by atoms with E-state index in [1.807, 2.05) is 0 Å². The number of halogens is 1. The van der Waals surface area contributed by atoms with E-state index in [1.165, 1.54) is 22.2 Å². The largest absolute Gasteiger partial charge is 0.296 e. The number of thioether (sulfide) groups is 1. The summed E-state index contributed by atoms with van der Waals surface area (Å²) in [6.45, 7) is 0. The summed E-state index contributed by atoms with van der Waals surface area (Å²) in [5.41, 5.74) is 1.25. The van der Waals surface area contributed by atoms with Gasteiger partial charge in [0.15, 0.2) is 0 Å². The van der Waals surface area contributed by atoms with Crippen molar-refractivity contribution in [1.82, 2.24) is 4.90 Å². The summed E-state index contributed by atoms with van der Waals surface area (Å²) in [5, 5.41) is 0. The van der Waals surface area contributed by atoms with Gasteiger partial charge in [-0.05, 0) is 0 Å². The Morgan fingerprint density at radius 1 is 1.80 bits per heavy atom. The first kappa shape index (κ1) is 8.04. The average molecular weight is 194 g/mol.